The lowest BCUT2D eigenvalue weighted by atomic mass is 9.93. The number of hydrogen-bond donors (Lipinski definition) is 1. The minimum absolute atomic E-state index is 0.0471. The van der Waals surface area contributed by atoms with Crippen LogP contribution in [0, 0.1) is 19.7 Å². The van der Waals surface area contributed by atoms with Crippen molar-refractivity contribution < 1.29 is 22.3 Å². The van der Waals surface area contributed by atoms with Crippen LogP contribution in [-0.2, 0) is 14.8 Å². The third kappa shape index (κ3) is 6.05. The lowest BCUT2D eigenvalue weighted by molar-refractivity contribution is -0.120. The Hall–Kier alpha value is -3.39. The maximum Gasteiger partial charge on any atom is 0.264 e. The molecule has 1 amide bonds. The standard InChI is InChI=1S/C28H33FN2O4S/c1-18(2)25-16-26(20(4)15-27(25)35-6)21(5)30-28(32)17-31(23-11-9-22(29)10-12-23)36(33,34)24-13-7-19(3)8-14-24/h7-16,18,21H,17H2,1-6H3,(H,30,32). The van der Waals surface area contributed by atoms with Crippen LogP contribution in [-0.4, -0.2) is 28.0 Å². The molecule has 0 saturated heterocycles. The predicted octanol–water partition coefficient (Wildman–Crippen LogP) is 5.65. The molecule has 0 spiro atoms. The summed E-state index contributed by atoms with van der Waals surface area (Å²) >= 11 is 0. The van der Waals surface area contributed by atoms with E-state index in [1.54, 1.807) is 19.2 Å². The van der Waals surface area contributed by atoms with Crippen molar-refractivity contribution in [3.63, 3.8) is 0 Å². The van der Waals surface area contributed by atoms with Crippen molar-refractivity contribution in [2.75, 3.05) is 18.0 Å². The van der Waals surface area contributed by atoms with E-state index in [1.165, 1.54) is 36.4 Å². The summed E-state index contributed by atoms with van der Waals surface area (Å²) in [4.78, 5) is 13.2. The van der Waals surface area contributed by atoms with E-state index in [-0.39, 0.29) is 22.5 Å². The number of aryl methyl sites for hydroxylation is 2. The molecule has 8 heteroatoms. The molecule has 0 aliphatic rings. The fourth-order valence-corrected chi connectivity index (χ4v) is 5.49. The van der Waals surface area contributed by atoms with Crippen LogP contribution in [0.15, 0.2) is 65.6 Å². The van der Waals surface area contributed by atoms with Crippen molar-refractivity contribution in [2.45, 2.75) is 51.5 Å². The summed E-state index contributed by atoms with van der Waals surface area (Å²) in [6, 6.07) is 15.0. The molecule has 1 unspecified atom stereocenters. The molecule has 0 aromatic heterocycles. The van der Waals surface area contributed by atoms with E-state index in [2.05, 4.69) is 19.2 Å². The van der Waals surface area contributed by atoms with Crippen molar-refractivity contribution in [2.24, 2.45) is 0 Å². The lowest BCUT2D eigenvalue weighted by Gasteiger charge is -2.26. The lowest BCUT2D eigenvalue weighted by Crippen LogP contribution is -2.41. The number of ether oxygens (including phenoxy) is 1. The number of anilines is 1. The van der Waals surface area contributed by atoms with Gasteiger partial charge in [0.1, 0.15) is 18.1 Å². The van der Waals surface area contributed by atoms with Gasteiger partial charge in [-0.2, -0.15) is 0 Å². The quantitative estimate of drug-likeness (QED) is 0.402. The molecular weight excluding hydrogens is 479 g/mol. The third-order valence-corrected chi connectivity index (χ3v) is 7.88. The number of carbonyl (C=O) groups excluding carboxylic acids is 1. The van der Waals surface area contributed by atoms with Gasteiger partial charge < -0.3 is 10.1 Å². The van der Waals surface area contributed by atoms with Crippen LogP contribution >= 0.6 is 0 Å². The second-order valence-corrected chi connectivity index (χ2v) is 11.1. The topological polar surface area (TPSA) is 75.7 Å². The summed E-state index contributed by atoms with van der Waals surface area (Å²) in [5.41, 5.74) is 4.00. The van der Waals surface area contributed by atoms with Crippen molar-refractivity contribution in [1.29, 1.82) is 0 Å². The number of nitrogens with one attached hydrogen (secondary N) is 1. The van der Waals surface area contributed by atoms with Gasteiger partial charge in [0, 0.05) is 0 Å². The minimum atomic E-state index is -4.08. The number of carbonyl (C=O) groups is 1. The van der Waals surface area contributed by atoms with Crippen molar-refractivity contribution >= 4 is 21.6 Å². The first kappa shape index (κ1) is 27.2. The van der Waals surface area contributed by atoms with Gasteiger partial charge in [0.2, 0.25) is 5.91 Å². The molecule has 0 bridgehead atoms. The molecule has 1 atom stereocenters. The van der Waals surface area contributed by atoms with Crippen LogP contribution in [0.4, 0.5) is 10.1 Å². The summed E-state index contributed by atoms with van der Waals surface area (Å²) in [7, 11) is -2.45. The summed E-state index contributed by atoms with van der Waals surface area (Å²) in [5, 5.41) is 2.92. The molecule has 0 fully saturated rings. The van der Waals surface area contributed by atoms with Gasteiger partial charge in [0.25, 0.3) is 10.0 Å². The zero-order chi connectivity index (χ0) is 26.6. The highest BCUT2D eigenvalue weighted by molar-refractivity contribution is 7.92. The monoisotopic (exact) mass is 512 g/mol. The van der Waals surface area contributed by atoms with E-state index in [1.807, 2.05) is 32.9 Å². The summed E-state index contributed by atoms with van der Waals surface area (Å²) in [6.45, 7) is 9.32. The van der Waals surface area contributed by atoms with Crippen molar-refractivity contribution in [3.8, 4) is 5.75 Å². The van der Waals surface area contributed by atoms with E-state index >= 15 is 0 Å². The molecule has 3 aromatic carbocycles. The fraction of sp³-hybridized carbons (Fsp3) is 0.321. The Kier molecular flexibility index (Phi) is 8.40. The molecule has 3 rings (SSSR count). The highest BCUT2D eigenvalue weighted by Gasteiger charge is 2.28. The SMILES string of the molecule is COc1cc(C)c(C(C)NC(=O)CN(c2ccc(F)cc2)S(=O)(=O)c2ccc(C)cc2)cc1C(C)C. The average molecular weight is 513 g/mol. The molecular formula is C28H33FN2O4S. The van der Waals surface area contributed by atoms with Crippen LogP contribution in [0.1, 0.15) is 55.0 Å². The van der Waals surface area contributed by atoms with E-state index in [9.17, 15) is 17.6 Å². The number of hydrogen-bond acceptors (Lipinski definition) is 4. The first-order valence-corrected chi connectivity index (χ1v) is 13.2. The summed E-state index contributed by atoms with van der Waals surface area (Å²) in [6.07, 6.45) is 0. The Bertz CT molecular complexity index is 1320. The molecule has 0 radical (unpaired) electrons. The molecule has 0 saturated carbocycles. The van der Waals surface area contributed by atoms with Crippen LogP contribution in [0.25, 0.3) is 0 Å². The minimum Gasteiger partial charge on any atom is -0.496 e. The Morgan fingerprint density at radius 2 is 1.58 bits per heavy atom. The summed E-state index contributed by atoms with van der Waals surface area (Å²) in [5.74, 6) is 0.0246. The van der Waals surface area contributed by atoms with E-state index in [0.717, 1.165) is 32.3 Å². The number of benzene rings is 3. The molecule has 192 valence electrons. The van der Waals surface area contributed by atoms with Gasteiger partial charge in [-0.25, -0.2) is 12.8 Å². The third-order valence-electron chi connectivity index (χ3n) is 6.10. The summed E-state index contributed by atoms with van der Waals surface area (Å²) < 4.78 is 47.1. The molecule has 0 aliphatic carbocycles. The molecule has 0 heterocycles. The van der Waals surface area contributed by atoms with Gasteiger partial charge in [-0.3, -0.25) is 9.10 Å². The van der Waals surface area contributed by atoms with Crippen LogP contribution in [0.2, 0.25) is 0 Å². The molecule has 6 nitrogen and oxygen atoms in total. The van der Waals surface area contributed by atoms with Crippen molar-refractivity contribution in [1.82, 2.24) is 5.32 Å². The van der Waals surface area contributed by atoms with Gasteiger partial charge in [-0.15, -0.1) is 0 Å². The number of nitrogens with zero attached hydrogens (tertiary/aromatic N) is 1. The molecule has 3 aromatic rings. The van der Waals surface area contributed by atoms with E-state index in [0.29, 0.717) is 0 Å². The number of sulfonamides is 1. The number of methoxy groups -OCH3 is 1. The van der Waals surface area contributed by atoms with Crippen LogP contribution in [0.3, 0.4) is 0 Å². The van der Waals surface area contributed by atoms with Crippen LogP contribution in [0.5, 0.6) is 5.75 Å². The van der Waals surface area contributed by atoms with Crippen LogP contribution < -0.4 is 14.4 Å². The maximum atomic E-state index is 13.6. The first-order chi connectivity index (χ1) is 16.9. The number of halogens is 1. The molecule has 36 heavy (non-hydrogen) atoms. The van der Waals surface area contributed by atoms with E-state index < -0.39 is 28.3 Å². The van der Waals surface area contributed by atoms with E-state index in [4.69, 9.17) is 4.74 Å². The van der Waals surface area contributed by atoms with Gasteiger partial charge in [0.05, 0.1) is 23.7 Å². The normalized spacial score (nSPS) is 12.3. The number of rotatable bonds is 9. The Balaban J connectivity index is 1.91. The maximum absolute atomic E-state index is 13.6. The second kappa shape index (κ2) is 11.1. The smallest absolute Gasteiger partial charge is 0.264 e. The molecule has 1 N–H and O–H groups in total. The Labute approximate surface area is 213 Å². The molecule has 0 aliphatic heterocycles. The zero-order valence-corrected chi connectivity index (χ0v) is 22.3. The Morgan fingerprint density at radius 3 is 2.14 bits per heavy atom. The predicted molar refractivity (Wildman–Crippen MR) is 140 cm³/mol. The average Bonchev–Trinajstić information content (AvgIpc) is 2.82. The van der Waals surface area contributed by atoms with Gasteiger partial charge >= 0.3 is 0 Å². The van der Waals surface area contributed by atoms with Crippen molar-refractivity contribution in [3.05, 3.63) is 88.7 Å². The van der Waals surface area contributed by atoms with Gasteiger partial charge in [-0.1, -0.05) is 31.5 Å². The van der Waals surface area contributed by atoms with Gasteiger partial charge in [-0.05, 0) is 91.9 Å². The number of amides is 1. The second-order valence-electron chi connectivity index (χ2n) is 9.20. The first-order valence-electron chi connectivity index (χ1n) is 11.8. The zero-order valence-electron chi connectivity index (χ0n) is 21.5. The highest BCUT2D eigenvalue weighted by Crippen LogP contribution is 2.32. The highest BCUT2D eigenvalue weighted by atomic mass is 32.2. The van der Waals surface area contributed by atoms with Gasteiger partial charge in [0.15, 0.2) is 0 Å². The Morgan fingerprint density at radius 1 is 0.972 bits per heavy atom. The largest absolute Gasteiger partial charge is 0.496 e. The fourth-order valence-electron chi connectivity index (χ4n) is 4.07.